The van der Waals surface area contributed by atoms with Gasteiger partial charge in [-0.15, -0.1) is 0 Å². The van der Waals surface area contributed by atoms with Crippen LogP contribution in [0, 0.1) is 5.92 Å². The number of carbonyl (C=O) groups is 3. The molecule has 0 spiro atoms. The predicted molar refractivity (Wildman–Crippen MR) is 98.6 cm³/mol. The summed E-state index contributed by atoms with van der Waals surface area (Å²) in [5.41, 5.74) is 2.11. The molecule has 2 aromatic carbocycles. The van der Waals surface area contributed by atoms with Gasteiger partial charge in [-0.25, -0.2) is 4.79 Å². The van der Waals surface area contributed by atoms with Gasteiger partial charge in [-0.05, 0) is 35.3 Å². The largest absolute Gasteiger partial charge is 0.478 e. The van der Waals surface area contributed by atoms with Crippen molar-refractivity contribution in [2.75, 3.05) is 4.90 Å². The van der Waals surface area contributed by atoms with E-state index in [0.717, 1.165) is 11.6 Å². The molecule has 0 unspecified atom stereocenters. The van der Waals surface area contributed by atoms with Crippen molar-refractivity contribution >= 4 is 29.5 Å². The standard InChI is InChI=1S/C21H19NO4/c1-14(16-7-3-2-4-8-16)18-13-19(23)22(21(18)26)17-9-5-6-15(12-17)10-11-20(24)25/h2-12,14,18H,13H2,1H3,(H,24,25)/b11-10+/t14-,18+/m1/s1. The lowest BCUT2D eigenvalue weighted by atomic mass is 9.86. The van der Waals surface area contributed by atoms with Crippen LogP contribution in [0.5, 0.6) is 0 Å². The molecule has 2 atom stereocenters. The third-order valence-electron chi connectivity index (χ3n) is 4.66. The van der Waals surface area contributed by atoms with Gasteiger partial charge in [0.15, 0.2) is 0 Å². The number of hydrogen-bond donors (Lipinski definition) is 1. The van der Waals surface area contributed by atoms with Crippen LogP contribution in [0.2, 0.25) is 0 Å². The lowest BCUT2D eigenvalue weighted by Crippen LogP contribution is -2.31. The maximum atomic E-state index is 12.9. The Morgan fingerprint density at radius 1 is 1.15 bits per heavy atom. The molecule has 3 rings (SSSR count). The van der Waals surface area contributed by atoms with Crippen molar-refractivity contribution in [1.29, 1.82) is 0 Å². The van der Waals surface area contributed by atoms with Gasteiger partial charge in [0.05, 0.1) is 11.6 Å². The Morgan fingerprint density at radius 2 is 1.88 bits per heavy atom. The first-order chi connectivity index (χ1) is 12.5. The molecule has 1 heterocycles. The first kappa shape index (κ1) is 17.6. The summed E-state index contributed by atoms with van der Waals surface area (Å²) >= 11 is 0. The minimum Gasteiger partial charge on any atom is -0.478 e. The maximum Gasteiger partial charge on any atom is 0.328 e. The number of carbonyl (C=O) groups excluding carboxylic acids is 2. The Hall–Kier alpha value is -3.21. The fourth-order valence-corrected chi connectivity index (χ4v) is 3.24. The molecule has 1 saturated heterocycles. The maximum absolute atomic E-state index is 12.9. The van der Waals surface area contributed by atoms with Crippen LogP contribution in [0.25, 0.3) is 6.08 Å². The van der Waals surface area contributed by atoms with Crippen molar-refractivity contribution in [2.24, 2.45) is 5.92 Å². The Kier molecular flexibility index (Phi) is 4.98. The van der Waals surface area contributed by atoms with E-state index in [-0.39, 0.29) is 24.2 Å². The molecule has 5 nitrogen and oxygen atoms in total. The van der Waals surface area contributed by atoms with Crippen LogP contribution in [0.15, 0.2) is 60.7 Å². The number of benzene rings is 2. The van der Waals surface area contributed by atoms with Crippen LogP contribution in [-0.4, -0.2) is 22.9 Å². The Bertz CT molecular complexity index is 873. The second-order valence-electron chi connectivity index (χ2n) is 6.34. The smallest absolute Gasteiger partial charge is 0.328 e. The van der Waals surface area contributed by atoms with Crippen LogP contribution >= 0.6 is 0 Å². The number of rotatable bonds is 5. The van der Waals surface area contributed by atoms with E-state index in [1.807, 2.05) is 37.3 Å². The zero-order valence-corrected chi connectivity index (χ0v) is 14.3. The quantitative estimate of drug-likeness (QED) is 0.662. The molecule has 1 N–H and O–H groups in total. The van der Waals surface area contributed by atoms with Crippen LogP contribution in [0.4, 0.5) is 5.69 Å². The highest BCUT2D eigenvalue weighted by atomic mass is 16.4. The van der Waals surface area contributed by atoms with E-state index >= 15 is 0 Å². The summed E-state index contributed by atoms with van der Waals surface area (Å²) in [6.45, 7) is 1.96. The van der Waals surface area contributed by atoms with Gasteiger partial charge in [0.25, 0.3) is 0 Å². The highest BCUT2D eigenvalue weighted by molar-refractivity contribution is 6.21. The van der Waals surface area contributed by atoms with Gasteiger partial charge in [0.1, 0.15) is 0 Å². The zero-order valence-electron chi connectivity index (χ0n) is 14.3. The van der Waals surface area contributed by atoms with E-state index in [2.05, 4.69) is 0 Å². The van der Waals surface area contributed by atoms with E-state index < -0.39 is 11.9 Å². The van der Waals surface area contributed by atoms with Gasteiger partial charge >= 0.3 is 5.97 Å². The molecule has 1 aliphatic rings. The predicted octanol–water partition coefficient (Wildman–Crippen LogP) is 3.47. The molecule has 0 saturated carbocycles. The lowest BCUT2D eigenvalue weighted by molar-refractivity contribution is -0.131. The van der Waals surface area contributed by atoms with E-state index in [4.69, 9.17) is 5.11 Å². The van der Waals surface area contributed by atoms with Crippen molar-refractivity contribution in [1.82, 2.24) is 0 Å². The normalized spacial score (nSPS) is 18.5. The summed E-state index contributed by atoms with van der Waals surface area (Å²) in [7, 11) is 0. The van der Waals surface area contributed by atoms with Gasteiger partial charge in [-0.2, -0.15) is 0 Å². The molecular formula is C21H19NO4. The molecule has 0 radical (unpaired) electrons. The number of nitrogens with zero attached hydrogens (tertiary/aromatic N) is 1. The summed E-state index contributed by atoms with van der Waals surface area (Å²) in [4.78, 5) is 37.3. The van der Waals surface area contributed by atoms with Gasteiger partial charge in [-0.3, -0.25) is 14.5 Å². The van der Waals surface area contributed by atoms with E-state index in [1.54, 1.807) is 24.3 Å². The fourth-order valence-electron chi connectivity index (χ4n) is 3.24. The molecular weight excluding hydrogens is 330 g/mol. The van der Waals surface area contributed by atoms with Crippen molar-refractivity contribution < 1.29 is 19.5 Å². The summed E-state index contributed by atoms with van der Waals surface area (Å²) in [5.74, 6) is -1.97. The van der Waals surface area contributed by atoms with Crippen molar-refractivity contribution in [3.05, 3.63) is 71.8 Å². The SMILES string of the molecule is C[C@H](c1ccccc1)[C@@H]1CC(=O)N(c2cccc(/C=C/C(=O)O)c2)C1=O. The Labute approximate surface area is 151 Å². The third-order valence-corrected chi connectivity index (χ3v) is 4.66. The van der Waals surface area contributed by atoms with Gasteiger partial charge in [0.2, 0.25) is 11.8 Å². The second-order valence-corrected chi connectivity index (χ2v) is 6.34. The minimum atomic E-state index is -1.06. The van der Waals surface area contributed by atoms with E-state index in [1.165, 1.54) is 11.0 Å². The molecule has 2 aromatic rings. The van der Waals surface area contributed by atoms with Gasteiger partial charge in [-0.1, -0.05) is 49.4 Å². The second kappa shape index (κ2) is 7.35. The molecule has 1 fully saturated rings. The highest BCUT2D eigenvalue weighted by Gasteiger charge is 2.42. The number of carboxylic acid groups (broad SMARTS) is 1. The summed E-state index contributed by atoms with van der Waals surface area (Å²) < 4.78 is 0. The lowest BCUT2D eigenvalue weighted by Gasteiger charge is -2.19. The molecule has 0 aromatic heterocycles. The summed E-state index contributed by atoms with van der Waals surface area (Å²) in [6, 6.07) is 16.4. The third kappa shape index (κ3) is 3.57. The van der Waals surface area contributed by atoms with Gasteiger partial charge < -0.3 is 5.11 Å². The van der Waals surface area contributed by atoms with Gasteiger partial charge in [0, 0.05) is 12.5 Å². The number of amides is 2. The summed E-state index contributed by atoms with van der Waals surface area (Å²) in [6.07, 6.45) is 2.62. The number of hydrogen-bond acceptors (Lipinski definition) is 3. The monoisotopic (exact) mass is 349 g/mol. The number of imide groups is 1. The van der Waals surface area contributed by atoms with Crippen LogP contribution in [-0.2, 0) is 14.4 Å². The Morgan fingerprint density at radius 3 is 2.58 bits per heavy atom. The van der Waals surface area contributed by atoms with Crippen LogP contribution in [0.3, 0.4) is 0 Å². The molecule has 0 aliphatic carbocycles. The van der Waals surface area contributed by atoms with Crippen molar-refractivity contribution in [3.8, 4) is 0 Å². The number of anilines is 1. The molecule has 132 valence electrons. The molecule has 2 amide bonds. The average molecular weight is 349 g/mol. The zero-order chi connectivity index (χ0) is 18.7. The molecule has 0 bridgehead atoms. The van der Waals surface area contributed by atoms with Crippen LogP contribution in [0.1, 0.15) is 30.4 Å². The molecule has 1 aliphatic heterocycles. The first-order valence-corrected chi connectivity index (χ1v) is 8.40. The number of carboxylic acids is 1. The van der Waals surface area contributed by atoms with E-state index in [0.29, 0.717) is 11.3 Å². The van der Waals surface area contributed by atoms with Crippen molar-refractivity contribution in [3.63, 3.8) is 0 Å². The molecule has 26 heavy (non-hydrogen) atoms. The Balaban J connectivity index is 1.86. The first-order valence-electron chi connectivity index (χ1n) is 8.40. The van der Waals surface area contributed by atoms with Crippen LogP contribution < -0.4 is 4.90 Å². The molecule has 5 heteroatoms. The minimum absolute atomic E-state index is 0.0623. The topological polar surface area (TPSA) is 74.7 Å². The van der Waals surface area contributed by atoms with Crippen molar-refractivity contribution in [2.45, 2.75) is 19.3 Å². The average Bonchev–Trinajstić information content (AvgIpc) is 2.94. The van der Waals surface area contributed by atoms with E-state index in [9.17, 15) is 14.4 Å². The fraction of sp³-hybridized carbons (Fsp3) is 0.190. The number of aliphatic carboxylic acids is 1. The summed E-state index contributed by atoms with van der Waals surface area (Å²) in [5, 5.41) is 8.74. The highest BCUT2D eigenvalue weighted by Crippen LogP contribution is 2.36.